The minimum absolute atomic E-state index is 0.0452. The molecule has 2 heterocycles. The highest BCUT2D eigenvalue weighted by atomic mass is 16.6. The number of nitrogens with one attached hydrogen (secondary N) is 1. The third-order valence-corrected chi connectivity index (χ3v) is 6.60. The van der Waals surface area contributed by atoms with Crippen LogP contribution in [0.4, 0.5) is 0 Å². The second-order valence-electron chi connectivity index (χ2n) is 9.31. The van der Waals surface area contributed by atoms with Gasteiger partial charge in [-0.15, -0.1) is 0 Å². The van der Waals surface area contributed by atoms with Gasteiger partial charge < -0.3 is 18.9 Å². The van der Waals surface area contributed by atoms with E-state index in [1.807, 2.05) is 91.0 Å². The number of ether oxygens (including phenoxy) is 4. The van der Waals surface area contributed by atoms with Gasteiger partial charge in [0, 0.05) is 10.5 Å². The molecule has 1 N–H and O–H groups in total. The number of azide groups is 1. The minimum Gasteiger partial charge on any atom is -0.374 e. The lowest BCUT2D eigenvalue weighted by Crippen LogP contribution is -2.38. The lowest BCUT2D eigenvalue weighted by atomic mass is 10.0. The number of hydrogen-bond donors (Lipinski definition) is 1. The summed E-state index contributed by atoms with van der Waals surface area (Å²) in [6.07, 6.45) is -0.922. The molecule has 204 valence electrons. The van der Waals surface area contributed by atoms with Gasteiger partial charge in [-0.1, -0.05) is 91.0 Å². The van der Waals surface area contributed by atoms with E-state index >= 15 is 0 Å². The van der Waals surface area contributed by atoms with Crippen LogP contribution in [0.2, 0.25) is 0 Å². The Morgan fingerprint density at radius 2 is 1.40 bits per heavy atom. The van der Waals surface area contributed by atoms with Crippen LogP contribution in [0.5, 0.6) is 0 Å². The Morgan fingerprint density at radius 3 is 1.98 bits per heavy atom. The molecule has 0 aliphatic carbocycles. The summed E-state index contributed by atoms with van der Waals surface area (Å²) in [4.78, 5) is 15.2. The van der Waals surface area contributed by atoms with E-state index in [2.05, 4.69) is 20.2 Å². The predicted octanol–water partition coefficient (Wildman–Crippen LogP) is 5.69. The Morgan fingerprint density at radius 1 is 0.850 bits per heavy atom. The van der Waals surface area contributed by atoms with E-state index in [4.69, 9.17) is 24.5 Å². The van der Waals surface area contributed by atoms with Crippen molar-refractivity contribution in [2.45, 2.75) is 44.2 Å². The van der Waals surface area contributed by atoms with Crippen LogP contribution in [-0.4, -0.2) is 41.0 Å². The van der Waals surface area contributed by atoms with Crippen LogP contribution in [0.1, 0.15) is 38.8 Å². The van der Waals surface area contributed by atoms with E-state index in [0.717, 1.165) is 16.7 Å². The number of nitrogens with zero attached hydrogens (tertiary/aromatic N) is 4. The first-order chi connectivity index (χ1) is 19.7. The molecule has 3 aromatic carbocycles. The van der Waals surface area contributed by atoms with Crippen molar-refractivity contribution in [2.24, 2.45) is 5.11 Å². The number of amides is 1. The molecule has 0 bridgehead atoms. The molecule has 10 heteroatoms. The summed E-state index contributed by atoms with van der Waals surface area (Å²) in [5, 5.41) is 9.91. The summed E-state index contributed by atoms with van der Waals surface area (Å²) in [5.74, 6) is -0.786. The van der Waals surface area contributed by atoms with E-state index in [-0.39, 0.29) is 12.3 Å². The van der Waals surface area contributed by atoms with Crippen molar-refractivity contribution in [1.29, 1.82) is 0 Å². The summed E-state index contributed by atoms with van der Waals surface area (Å²) >= 11 is 0. The van der Waals surface area contributed by atoms with E-state index in [1.165, 1.54) is 6.20 Å². The Kier molecular flexibility index (Phi) is 9.31. The summed E-state index contributed by atoms with van der Waals surface area (Å²) in [6.45, 7) is 1.26. The molecule has 4 aromatic rings. The first-order valence-electron chi connectivity index (χ1n) is 12.9. The molecular formula is C30H29N5O5. The van der Waals surface area contributed by atoms with Gasteiger partial charge in [-0.25, -0.2) is 0 Å². The summed E-state index contributed by atoms with van der Waals surface area (Å²) in [5.41, 5.74) is 12.3. The van der Waals surface area contributed by atoms with Crippen LogP contribution in [-0.2, 0) is 38.8 Å². The van der Waals surface area contributed by atoms with Gasteiger partial charge in [0.2, 0.25) is 0 Å². The van der Waals surface area contributed by atoms with Crippen LogP contribution in [0.25, 0.3) is 10.4 Å². The van der Waals surface area contributed by atoms with Crippen molar-refractivity contribution in [3.8, 4) is 0 Å². The summed E-state index contributed by atoms with van der Waals surface area (Å²) in [6, 6.07) is 29.5. The second kappa shape index (κ2) is 13.7. The molecule has 1 aliphatic heterocycles. The fraction of sp³-hybridized carbons (Fsp3) is 0.267. The zero-order chi connectivity index (χ0) is 27.6. The van der Waals surface area contributed by atoms with Gasteiger partial charge in [0.15, 0.2) is 0 Å². The molecule has 0 spiro atoms. The maximum absolute atomic E-state index is 12.5. The molecule has 1 saturated heterocycles. The van der Waals surface area contributed by atoms with Crippen LogP contribution in [0.3, 0.4) is 0 Å². The Labute approximate surface area is 231 Å². The van der Waals surface area contributed by atoms with Crippen molar-refractivity contribution in [3.05, 3.63) is 136 Å². The van der Waals surface area contributed by atoms with Crippen molar-refractivity contribution in [3.63, 3.8) is 0 Å². The van der Waals surface area contributed by atoms with Crippen molar-refractivity contribution in [2.75, 3.05) is 6.61 Å². The van der Waals surface area contributed by atoms with Crippen molar-refractivity contribution < 1.29 is 23.7 Å². The Balaban J connectivity index is 1.42. The summed E-state index contributed by atoms with van der Waals surface area (Å²) in [7, 11) is 0. The highest BCUT2D eigenvalue weighted by Crippen LogP contribution is 2.39. The molecule has 1 amide bonds. The third kappa shape index (κ3) is 6.81. The zero-order valence-corrected chi connectivity index (χ0v) is 21.7. The van der Waals surface area contributed by atoms with Crippen LogP contribution >= 0.6 is 0 Å². The SMILES string of the molecule is [N-]=[N+]=NC(=O)c1[nH]ncc1[C@@H]1O[C@H](COCc2ccccc2)[C@@H](OCc2ccccc2)[C@H]1OCc1ccccc1. The first-order valence-corrected chi connectivity index (χ1v) is 12.9. The van der Waals surface area contributed by atoms with Gasteiger partial charge in [-0.2, -0.15) is 5.10 Å². The van der Waals surface area contributed by atoms with Crippen LogP contribution in [0, 0.1) is 0 Å². The molecular weight excluding hydrogens is 510 g/mol. The quantitative estimate of drug-likeness (QED) is 0.140. The molecule has 5 rings (SSSR count). The van der Waals surface area contributed by atoms with E-state index in [0.29, 0.717) is 25.4 Å². The molecule has 4 atom stereocenters. The van der Waals surface area contributed by atoms with Gasteiger partial charge in [0.25, 0.3) is 5.91 Å². The van der Waals surface area contributed by atoms with Gasteiger partial charge in [0.05, 0.1) is 32.6 Å². The summed E-state index contributed by atoms with van der Waals surface area (Å²) < 4.78 is 25.5. The molecule has 0 saturated carbocycles. The number of rotatable bonds is 12. The zero-order valence-electron chi connectivity index (χ0n) is 21.7. The maximum atomic E-state index is 12.5. The van der Waals surface area contributed by atoms with Gasteiger partial charge in [-0.3, -0.25) is 9.89 Å². The van der Waals surface area contributed by atoms with E-state index in [9.17, 15) is 4.79 Å². The van der Waals surface area contributed by atoms with Crippen LogP contribution in [0.15, 0.2) is 102 Å². The average Bonchev–Trinajstić information content (AvgIpc) is 3.62. The molecule has 0 unspecified atom stereocenters. The van der Waals surface area contributed by atoms with Gasteiger partial charge in [0.1, 0.15) is 30.1 Å². The molecule has 1 aliphatic rings. The second-order valence-corrected chi connectivity index (χ2v) is 9.31. The third-order valence-electron chi connectivity index (χ3n) is 6.60. The highest BCUT2D eigenvalue weighted by molar-refractivity contribution is 5.94. The average molecular weight is 540 g/mol. The molecule has 40 heavy (non-hydrogen) atoms. The molecule has 10 nitrogen and oxygen atoms in total. The number of carbonyl (C=O) groups excluding carboxylic acids is 1. The molecule has 1 fully saturated rings. The largest absolute Gasteiger partial charge is 0.374 e. The number of H-pyrrole nitrogens is 1. The van der Waals surface area contributed by atoms with Crippen LogP contribution < -0.4 is 0 Å². The predicted molar refractivity (Wildman–Crippen MR) is 146 cm³/mol. The van der Waals surface area contributed by atoms with Gasteiger partial charge >= 0.3 is 0 Å². The normalized spacial score (nSPS) is 20.2. The number of hydrogen-bond acceptors (Lipinski definition) is 6. The molecule has 0 radical (unpaired) electrons. The fourth-order valence-electron chi connectivity index (χ4n) is 4.67. The Bertz CT molecular complexity index is 1410. The standard InChI is InChI=1S/C30H29N5O5/c31-35-34-30(36)26-24(16-32-33-26)27-29(39-19-23-14-8-3-9-15-23)28(38-18-22-12-6-2-7-13-22)25(40-27)20-37-17-21-10-4-1-5-11-21/h1-16,25,27-29H,17-20H2,(H,32,33)/t25-,27+,28-,29+/m1/s1. The lowest BCUT2D eigenvalue weighted by Gasteiger charge is -2.25. The number of benzene rings is 3. The van der Waals surface area contributed by atoms with Crippen molar-refractivity contribution >= 4 is 5.91 Å². The van der Waals surface area contributed by atoms with Crippen molar-refractivity contribution in [1.82, 2.24) is 10.2 Å². The van der Waals surface area contributed by atoms with E-state index in [1.54, 1.807) is 0 Å². The number of aromatic nitrogens is 2. The number of carbonyl (C=O) groups is 1. The Hall–Kier alpha value is -4.31. The maximum Gasteiger partial charge on any atom is 0.267 e. The number of aromatic amines is 1. The fourth-order valence-corrected chi connectivity index (χ4v) is 4.67. The van der Waals surface area contributed by atoms with E-state index < -0.39 is 30.3 Å². The topological polar surface area (TPSA) is 131 Å². The minimum atomic E-state index is -0.786. The monoisotopic (exact) mass is 539 g/mol. The lowest BCUT2D eigenvalue weighted by molar-refractivity contribution is -0.0898. The van der Waals surface area contributed by atoms with Gasteiger partial charge in [-0.05, 0) is 27.3 Å². The first kappa shape index (κ1) is 27.3. The molecule has 1 aromatic heterocycles. The highest BCUT2D eigenvalue weighted by Gasteiger charge is 2.48. The smallest absolute Gasteiger partial charge is 0.267 e.